The number of aliphatic hydroxyl groups excluding tert-OH is 1. The molecule has 62 heavy (non-hydrogen) atoms. The zero-order valence-electron chi connectivity index (χ0n) is 35.6. The van der Waals surface area contributed by atoms with Crippen molar-refractivity contribution in [3.8, 4) is 29.1 Å². The summed E-state index contributed by atoms with van der Waals surface area (Å²) in [6.45, 7) is 2.53. The molecule has 9 heteroatoms. The van der Waals surface area contributed by atoms with Crippen molar-refractivity contribution in [1.29, 1.82) is 0 Å². The Kier molecular flexibility index (Phi) is 14.5. The normalized spacial score (nSPS) is 19.1. The summed E-state index contributed by atoms with van der Waals surface area (Å²) in [5.41, 5.74) is 19.1. The molecule has 322 valence electrons. The van der Waals surface area contributed by atoms with Crippen LogP contribution in [-0.4, -0.2) is 44.6 Å². The van der Waals surface area contributed by atoms with Crippen LogP contribution >= 0.6 is 0 Å². The number of aryl methyl sites for hydroxylation is 2. The number of aliphatic hydroxyl groups is 1. The van der Waals surface area contributed by atoms with Crippen LogP contribution in [0.25, 0.3) is 0 Å². The molecule has 9 nitrogen and oxygen atoms in total. The maximum absolute atomic E-state index is 13.8. The van der Waals surface area contributed by atoms with Crippen LogP contribution in [0.5, 0.6) is 17.2 Å². The number of fused-ring (bicyclic) bond motifs is 2. The summed E-state index contributed by atoms with van der Waals surface area (Å²) >= 11 is 0. The summed E-state index contributed by atoms with van der Waals surface area (Å²) in [5, 5.41) is 32.4. The molecule has 2 aliphatic carbocycles. The molecule has 8 N–H and O–H groups in total. The Morgan fingerprint density at radius 3 is 2.48 bits per heavy atom. The van der Waals surface area contributed by atoms with Crippen LogP contribution in [-0.2, 0) is 30.5 Å². The van der Waals surface area contributed by atoms with Crippen molar-refractivity contribution in [3.63, 3.8) is 0 Å². The lowest BCUT2D eigenvalue weighted by molar-refractivity contribution is -0.114. The Hall–Kier alpha value is -5.92. The lowest BCUT2D eigenvalue weighted by Crippen LogP contribution is -2.20. The van der Waals surface area contributed by atoms with Gasteiger partial charge < -0.3 is 36.5 Å². The zero-order valence-corrected chi connectivity index (χ0v) is 35.6. The number of phenols is 2. The Balaban J connectivity index is 0.974. The predicted molar refractivity (Wildman–Crippen MR) is 243 cm³/mol. The molecule has 0 radical (unpaired) electrons. The van der Waals surface area contributed by atoms with Gasteiger partial charge in [0.15, 0.2) is 23.1 Å². The molecule has 1 saturated carbocycles. The average Bonchev–Trinajstić information content (AvgIpc) is 3.91. The van der Waals surface area contributed by atoms with Gasteiger partial charge in [-0.25, -0.2) is 0 Å². The van der Waals surface area contributed by atoms with Gasteiger partial charge in [0.05, 0.1) is 25.3 Å². The van der Waals surface area contributed by atoms with Crippen molar-refractivity contribution in [3.05, 3.63) is 160 Å². The molecule has 0 amide bonds. The van der Waals surface area contributed by atoms with E-state index in [1.165, 1.54) is 5.56 Å². The van der Waals surface area contributed by atoms with Crippen LogP contribution in [0.15, 0.2) is 109 Å². The lowest BCUT2D eigenvalue weighted by atomic mass is 9.78. The Bertz CT molecular complexity index is 2440. The van der Waals surface area contributed by atoms with E-state index in [-0.39, 0.29) is 47.6 Å². The second kappa shape index (κ2) is 20.3. The van der Waals surface area contributed by atoms with Gasteiger partial charge in [0.1, 0.15) is 5.75 Å². The van der Waals surface area contributed by atoms with Gasteiger partial charge in [0.25, 0.3) is 0 Å². The quantitative estimate of drug-likeness (QED) is 0.0306. The van der Waals surface area contributed by atoms with Crippen molar-refractivity contribution < 1.29 is 29.6 Å². The summed E-state index contributed by atoms with van der Waals surface area (Å²) in [7, 11) is 0. The first-order valence-electron chi connectivity index (χ1n) is 22.0. The molecular formula is C53H59N3O6. The summed E-state index contributed by atoms with van der Waals surface area (Å²) in [6, 6.07) is 28.5. The molecule has 4 atom stereocenters. The largest absolute Gasteiger partial charge is 0.508 e. The first-order chi connectivity index (χ1) is 29.9. The van der Waals surface area contributed by atoms with Gasteiger partial charge in [0, 0.05) is 53.8 Å². The number of ether oxygens (including phenoxy) is 1. The number of rotatable bonds is 17. The molecule has 4 unspecified atom stereocenters. The Morgan fingerprint density at radius 1 is 0.919 bits per heavy atom. The standard InChI is InChI=1S/C53H59N3O6/c1-35(10-11-36-6-3-2-4-7-36)20-25-53(27-22-42(58)34-53)26-21-41(57)16-12-37-14-19-49(60)51(31-37)62-29-24-38-13-18-48(59)46(30-38)45-33-50(61)44-23-28-56-47(44)9-5-8-39-32-40(52(54)55)15-17-43(39)45/h2-4,6-7,13-15,17-19,21,23,26,28,30-32,35,42,45,52,56,58-60H,9-12,16,20,22,24-25,27,29,33-34,54-55H2,1H3. The average molecular weight is 834 g/mol. The molecule has 7 rings (SSSR count). The van der Waals surface area contributed by atoms with E-state index in [9.17, 15) is 24.9 Å². The summed E-state index contributed by atoms with van der Waals surface area (Å²) < 4.78 is 6.10. The lowest BCUT2D eigenvalue weighted by Gasteiger charge is -2.27. The number of carbonyl (C=O) groups is 2. The molecule has 2 aliphatic rings. The molecular weight excluding hydrogens is 775 g/mol. The minimum absolute atomic E-state index is 0.00419. The molecule has 5 aromatic rings. The van der Waals surface area contributed by atoms with Crippen LogP contribution in [0.1, 0.15) is 125 Å². The molecule has 4 aromatic carbocycles. The number of benzene rings is 4. The number of aromatic nitrogens is 1. The van der Waals surface area contributed by atoms with Gasteiger partial charge >= 0.3 is 0 Å². The maximum atomic E-state index is 13.8. The molecule has 1 heterocycles. The molecule has 0 bridgehead atoms. The van der Waals surface area contributed by atoms with E-state index in [4.69, 9.17) is 16.2 Å². The van der Waals surface area contributed by atoms with Crippen molar-refractivity contribution >= 4 is 11.6 Å². The van der Waals surface area contributed by atoms with Crippen molar-refractivity contribution in [2.45, 2.75) is 102 Å². The monoisotopic (exact) mass is 833 g/mol. The first-order valence-corrected chi connectivity index (χ1v) is 22.0. The second-order valence-electron chi connectivity index (χ2n) is 17.4. The summed E-state index contributed by atoms with van der Waals surface area (Å²) in [6.07, 6.45) is 12.8. The van der Waals surface area contributed by atoms with Crippen molar-refractivity contribution in [2.24, 2.45) is 22.8 Å². The van der Waals surface area contributed by atoms with E-state index in [0.29, 0.717) is 66.0 Å². The summed E-state index contributed by atoms with van der Waals surface area (Å²) in [5.74, 6) is 6.87. The smallest absolute Gasteiger partial charge is 0.165 e. The van der Waals surface area contributed by atoms with Gasteiger partial charge in [-0.1, -0.05) is 85.5 Å². The third-order valence-electron chi connectivity index (χ3n) is 12.8. The van der Waals surface area contributed by atoms with Crippen LogP contribution in [0.4, 0.5) is 0 Å². The highest BCUT2D eigenvalue weighted by Gasteiger charge is 2.36. The highest BCUT2D eigenvalue weighted by molar-refractivity contribution is 5.98. The number of nitrogens with two attached hydrogens (primary N) is 2. The molecule has 0 saturated heterocycles. The summed E-state index contributed by atoms with van der Waals surface area (Å²) in [4.78, 5) is 30.1. The number of H-pyrrole nitrogens is 1. The third-order valence-corrected chi connectivity index (χ3v) is 12.8. The van der Waals surface area contributed by atoms with Gasteiger partial charge in [-0.3, -0.25) is 9.59 Å². The number of hydrogen-bond donors (Lipinski definition) is 6. The molecule has 0 spiro atoms. The number of hydrogen-bond acceptors (Lipinski definition) is 8. The molecule has 1 aromatic heterocycles. The van der Waals surface area contributed by atoms with E-state index < -0.39 is 12.1 Å². The van der Waals surface area contributed by atoms with Crippen molar-refractivity contribution in [1.82, 2.24) is 4.98 Å². The van der Waals surface area contributed by atoms with Crippen LogP contribution in [0.3, 0.4) is 0 Å². The number of Topliss-reactive ketones (excluding diaryl/α,β-unsaturated/α-hetero) is 1. The van der Waals surface area contributed by atoms with E-state index in [1.807, 2.05) is 36.4 Å². The van der Waals surface area contributed by atoms with E-state index in [1.54, 1.807) is 42.6 Å². The van der Waals surface area contributed by atoms with Gasteiger partial charge in [-0.05, 0) is 127 Å². The van der Waals surface area contributed by atoms with Crippen LogP contribution in [0, 0.1) is 23.2 Å². The van der Waals surface area contributed by atoms with Gasteiger partial charge in [0.2, 0.25) is 0 Å². The van der Waals surface area contributed by atoms with Gasteiger partial charge in [-0.2, -0.15) is 0 Å². The number of carbonyl (C=O) groups excluding carboxylic acids is 2. The highest BCUT2D eigenvalue weighted by atomic mass is 16.5. The Labute approximate surface area is 365 Å². The predicted octanol–water partition coefficient (Wildman–Crippen LogP) is 8.91. The molecule has 1 fully saturated rings. The topological polar surface area (TPSA) is 172 Å². The number of ketones is 2. The van der Waals surface area contributed by atoms with E-state index in [2.05, 4.69) is 54.1 Å². The molecule has 0 aliphatic heterocycles. The fourth-order valence-corrected chi connectivity index (χ4v) is 9.01. The number of nitrogens with one attached hydrogen (secondary N) is 1. The Morgan fingerprint density at radius 2 is 1.71 bits per heavy atom. The fraction of sp³-hybridized carbons (Fsp3) is 0.358. The number of phenolic OH excluding ortho intramolecular Hbond substituents is 2. The number of allylic oxidation sites excluding steroid dienone is 2. The van der Waals surface area contributed by atoms with E-state index in [0.717, 1.165) is 60.9 Å². The number of aromatic hydroxyl groups is 2. The minimum atomic E-state index is -0.695. The van der Waals surface area contributed by atoms with Gasteiger partial charge in [-0.15, -0.1) is 0 Å². The SMILES string of the molecule is CC(CCc1ccccc1)CCC1(C=CC(=O)CCc2ccc(O)c(OCCc3ccc(O)c(C4CC(=O)c5cc[nH]c5CC#Cc5cc(C(N)N)ccc54)c3)c2)CCC(O)C1. The number of aromatic amines is 1. The zero-order chi connectivity index (χ0) is 43.6. The fourth-order valence-electron chi connectivity index (χ4n) is 9.01. The third kappa shape index (κ3) is 11.3. The van der Waals surface area contributed by atoms with E-state index >= 15 is 0 Å². The van der Waals surface area contributed by atoms with Crippen LogP contribution in [0.2, 0.25) is 0 Å². The van der Waals surface area contributed by atoms with Crippen molar-refractivity contribution in [2.75, 3.05) is 6.61 Å². The second-order valence-corrected chi connectivity index (χ2v) is 17.4. The minimum Gasteiger partial charge on any atom is -0.508 e. The first kappa shape index (κ1) is 44.1. The highest BCUT2D eigenvalue weighted by Crippen LogP contribution is 2.45. The maximum Gasteiger partial charge on any atom is 0.165 e. The van der Waals surface area contributed by atoms with Crippen LogP contribution < -0.4 is 16.2 Å².